The van der Waals surface area contributed by atoms with E-state index in [0.29, 0.717) is 12.8 Å². The molecule has 2 aliphatic carbocycles. The van der Waals surface area contributed by atoms with Crippen molar-refractivity contribution in [3.05, 3.63) is 11.6 Å². The molecule has 2 heterocycles. The van der Waals surface area contributed by atoms with Crippen LogP contribution in [0.5, 0.6) is 0 Å². The molecule has 0 radical (unpaired) electrons. The molecule has 0 bridgehead atoms. The third-order valence-corrected chi connectivity index (χ3v) is 7.89. The zero-order chi connectivity index (χ0) is 22.0. The molecule has 4 rings (SSSR count). The summed E-state index contributed by atoms with van der Waals surface area (Å²) >= 11 is 0. The molecule has 0 spiro atoms. The van der Waals surface area contributed by atoms with Gasteiger partial charge in [0, 0.05) is 17.3 Å². The Bertz CT molecular complexity index is 709. The molecule has 5 N–H and O–H groups in total. The van der Waals surface area contributed by atoms with Crippen LogP contribution in [0.25, 0.3) is 0 Å². The molecule has 0 aromatic heterocycles. The van der Waals surface area contributed by atoms with Crippen LogP contribution in [0.15, 0.2) is 11.6 Å². The van der Waals surface area contributed by atoms with Crippen LogP contribution in [0.1, 0.15) is 33.6 Å². The maximum absolute atomic E-state index is 12.3. The number of aliphatic hydroxyl groups excluding tert-OH is 5. The summed E-state index contributed by atoms with van der Waals surface area (Å²) in [6.07, 6.45) is -5.88. The predicted octanol–water partition coefficient (Wildman–Crippen LogP) is -0.914. The van der Waals surface area contributed by atoms with Crippen molar-refractivity contribution in [2.75, 3.05) is 6.61 Å². The van der Waals surface area contributed by atoms with E-state index in [1.807, 2.05) is 26.8 Å². The van der Waals surface area contributed by atoms with Crippen LogP contribution in [-0.2, 0) is 19.0 Å². The molecular weight excluding hydrogens is 396 g/mol. The summed E-state index contributed by atoms with van der Waals surface area (Å²) in [6.45, 7) is 5.11. The number of rotatable bonds is 3. The Balaban J connectivity index is 1.66. The van der Waals surface area contributed by atoms with Gasteiger partial charge in [0.05, 0.1) is 24.7 Å². The standard InChI is InChI=1S/C21H32O9/c1-8-4-5-12(23)21(3)13(6-10-9(2)19(27)30-18(10)14(8)21)29-20-17(26)16(25)15(24)11(7-22)28-20/h4,9-18,20,22-26H,5-7H2,1-3H3. The Morgan fingerprint density at radius 1 is 1.20 bits per heavy atom. The second-order valence-corrected chi connectivity index (χ2v) is 9.46. The van der Waals surface area contributed by atoms with Crippen molar-refractivity contribution in [2.45, 2.75) is 82.6 Å². The van der Waals surface area contributed by atoms with E-state index < -0.39 is 54.9 Å². The van der Waals surface area contributed by atoms with Crippen molar-refractivity contribution in [3.8, 4) is 0 Å². The third-order valence-electron chi connectivity index (χ3n) is 7.89. The highest BCUT2D eigenvalue weighted by Gasteiger charge is 2.63. The van der Waals surface area contributed by atoms with E-state index in [4.69, 9.17) is 14.2 Å². The molecule has 1 saturated carbocycles. The predicted molar refractivity (Wildman–Crippen MR) is 102 cm³/mol. The van der Waals surface area contributed by atoms with Gasteiger partial charge >= 0.3 is 5.97 Å². The summed E-state index contributed by atoms with van der Waals surface area (Å²) in [5, 5.41) is 51.0. The SMILES string of the molecule is CC1=CCC(O)C2(C)C(OC3OC(CO)C(O)C(O)C3O)CC3C(C)C(=O)OC3C12. The molecule has 12 unspecified atom stereocenters. The van der Waals surface area contributed by atoms with Gasteiger partial charge in [0.1, 0.15) is 30.5 Å². The first-order valence-corrected chi connectivity index (χ1v) is 10.6. The quantitative estimate of drug-likeness (QED) is 0.285. The van der Waals surface area contributed by atoms with Crippen LogP contribution in [0.2, 0.25) is 0 Å². The Labute approximate surface area is 175 Å². The van der Waals surface area contributed by atoms with Crippen molar-refractivity contribution >= 4 is 5.97 Å². The van der Waals surface area contributed by atoms with Crippen molar-refractivity contribution < 1.29 is 44.5 Å². The molecule has 3 fully saturated rings. The average molecular weight is 428 g/mol. The van der Waals surface area contributed by atoms with Gasteiger partial charge in [-0.25, -0.2) is 0 Å². The number of esters is 1. The number of hydrogen-bond donors (Lipinski definition) is 5. The van der Waals surface area contributed by atoms with Crippen molar-refractivity contribution in [3.63, 3.8) is 0 Å². The number of fused-ring (bicyclic) bond motifs is 3. The molecule has 0 aromatic rings. The summed E-state index contributed by atoms with van der Waals surface area (Å²) in [6, 6.07) is 0. The second-order valence-electron chi connectivity index (χ2n) is 9.46. The van der Waals surface area contributed by atoms with Crippen LogP contribution < -0.4 is 0 Å². The number of carbonyl (C=O) groups excluding carboxylic acids is 1. The first kappa shape index (κ1) is 22.1. The van der Waals surface area contributed by atoms with Crippen LogP contribution in [0.3, 0.4) is 0 Å². The maximum atomic E-state index is 12.3. The van der Waals surface area contributed by atoms with Gasteiger partial charge in [0.15, 0.2) is 6.29 Å². The van der Waals surface area contributed by atoms with Gasteiger partial charge in [-0.15, -0.1) is 0 Å². The fourth-order valence-corrected chi connectivity index (χ4v) is 5.89. The molecule has 4 aliphatic rings. The van der Waals surface area contributed by atoms with Crippen molar-refractivity contribution in [2.24, 2.45) is 23.2 Å². The van der Waals surface area contributed by atoms with Crippen LogP contribution in [-0.4, -0.2) is 87.1 Å². The molecule has 0 amide bonds. The van der Waals surface area contributed by atoms with Gasteiger partial charge in [-0.2, -0.15) is 0 Å². The second kappa shape index (κ2) is 7.81. The number of carbonyl (C=O) groups is 1. The Morgan fingerprint density at radius 2 is 1.90 bits per heavy atom. The van der Waals surface area contributed by atoms with E-state index in [0.717, 1.165) is 5.57 Å². The van der Waals surface area contributed by atoms with Crippen LogP contribution in [0, 0.1) is 23.2 Å². The third kappa shape index (κ3) is 3.14. The normalized spacial score (nSPS) is 53.5. The summed E-state index contributed by atoms with van der Waals surface area (Å²) in [4.78, 5) is 12.3. The molecule has 12 atom stereocenters. The van der Waals surface area contributed by atoms with Crippen molar-refractivity contribution in [1.29, 1.82) is 0 Å². The lowest BCUT2D eigenvalue weighted by Gasteiger charge is -2.56. The summed E-state index contributed by atoms with van der Waals surface area (Å²) in [5.74, 6) is -0.982. The molecular formula is C21H32O9. The van der Waals surface area contributed by atoms with Gasteiger partial charge in [0.2, 0.25) is 0 Å². The lowest BCUT2D eigenvalue weighted by atomic mass is 9.53. The first-order chi connectivity index (χ1) is 14.1. The summed E-state index contributed by atoms with van der Waals surface area (Å²) < 4.78 is 17.4. The molecule has 2 saturated heterocycles. The fraction of sp³-hybridized carbons (Fsp3) is 0.857. The van der Waals surface area contributed by atoms with E-state index in [1.54, 1.807) is 0 Å². The highest BCUT2D eigenvalue weighted by Crippen LogP contribution is 2.57. The summed E-state index contributed by atoms with van der Waals surface area (Å²) in [5.41, 5.74) is 0.199. The molecule has 30 heavy (non-hydrogen) atoms. The number of ether oxygens (including phenoxy) is 3. The van der Waals surface area contributed by atoms with Crippen LogP contribution in [0.4, 0.5) is 0 Å². The Morgan fingerprint density at radius 3 is 2.57 bits per heavy atom. The minimum Gasteiger partial charge on any atom is -0.461 e. The van der Waals surface area contributed by atoms with E-state index in [-0.39, 0.29) is 29.8 Å². The van der Waals surface area contributed by atoms with Gasteiger partial charge in [-0.3, -0.25) is 4.79 Å². The van der Waals surface area contributed by atoms with Crippen molar-refractivity contribution in [1.82, 2.24) is 0 Å². The number of hydrogen-bond acceptors (Lipinski definition) is 9. The van der Waals surface area contributed by atoms with E-state index in [9.17, 15) is 30.3 Å². The Hall–Kier alpha value is -1.07. The lowest BCUT2D eigenvalue weighted by Crippen LogP contribution is -2.64. The van der Waals surface area contributed by atoms with Gasteiger partial charge in [0.25, 0.3) is 0 Å². The van der Waals surface area contributed by atoms with E-state index in [2.05, 4.69) is 0 Å². The highest BCUT2D eigenvalue weighted by atomic mass is 16.7. The highest BCUT2D eigenvalue weighted by molar-refractivity contribution is 5.75. The van der Waals surface area contributed by atoms with Gasteiger partial charge in [-0.05, 0) is 19.8 Å². The average Bonchev–Trinajstić information content (AvgIpc) is 2.99. The monoisotopic (exact) mass is 428 g/mol. The van der Waals surface area contributed by atoms with Gasteiger partial charge < -0.3 is 39.7 Å². The zero-order valence-corrected chi connectivity index (χ0v) is 17.4. The molecule has 2 aliphatic heterocycles. The van der Waals surface area contributed by atoms with Crippen LogP contribution >= 0.6 is 0 Å². The molecule has 0 aromatic carbocycles. The lowest BCUT2D eigenvalue weighted by molar-refractivity contribution is -0.331. The fourth-order valence-electron chi connectivity index (χ4n) is 5.89. The zero-order valence-electron chi connectivity index (χ0n) is 17.4. The Kier molecular flexibility index (Phi) is 5.76. The van der Waals surface area contributed by atoms with Gasteiger partial charge in [-0.1, -0.05) is 25.5 Å². The molecule has 9 nitrogen and oxygen atoms in total. The van der Waals surface area contributed by atoms with E-state index >= 15 is 0 Å². The molecule has 9 heteroatoms. The largest absolute Gasteiger partial charge is 0.461 e. The number of aliphatic hydroxyl groups is 5. The smallest absolute Gasteiger partial charge is 0.309 e. The topological polar surface area (TPSA) is 146 Å². The van der Waals surface area contributed by atoms with E-state index in [1.165, 1.54) is 0 Å². The summed E-state index contributed by atoms with van der Waals surface area (Å²) in [7, 11) is 0. The minimum atomic E-state index is -1.55. The molecule has 170 valence electrons. The first-order valence-electron chi connectivity index (χ1n) is 10.6. The maximum Gasteiger partial charge on any atom is 0.309 e. The minimum absolute atomic E-state index is 0.126.